The van der Waals surface area contributed by atoms with E-state index < -0.39 is 5.92 Å². The Balaban J connectivity index is 1.77. The molecule has 6 heteroatoms. The van der Waals surface area contributed by atoms with Gasteiger partial charge in [-0.1, -0.05) is 12.1 Å². The standard InChI is InChI=1S/C18H19F2N3O/c1-12-11-21-13(2)16(22-12)14-3-5-15(6-4-14)17(24)23-9-7-18(19,20)8-10-23/h3-6,11H,7-10H2,1-2H3. The molecule has 2 aromatic rings. The number of halogens is 2. The molecule has 1 aromatic heterocycles. The monoisotopic (exact) mass is 331 g/mol. The van der Waals surface area contributed by atoms with Gasteiger partial charge in [-0.25, -0.2) is 13.8 Å². The normalized spacial score (nSPS) is 16.9. The quantitative estimate of drug-likeness (QED) is 0.844. The van der Waals surface area contributed by atoms with Crippen LogP contribution in [0.25, 0.3) is 11.3 Å². The number of rotatable bonds is 2. The van der Waals surface area contributed by atoms with Crippen molar-refractivity contribution in [2.75, 3.05) is 13.1 Å². The lowest BCUT2D eigenvalue weighted by molar-refractivity contribution is -0.0494. The fourth-order valence-electron chi connectivity index (χ4n) is 2.80. The highest BCUT2D eigenvalue weighted by atomic mass is 19.3. The molecule has 0 aliphatic carbocycles. The van der Waals surface area contributed by atoms with E-state index in [0.717, 1.165) is 22.6 Å². The second-order valence-corrected chi connectivity index (χ2v) is 6.17. The topological polar surface area (TPSA) is 46.1 Å². The number of benzene rings is 1. The molecule has 0 N–H and O–H groups in total. The zero-order valence-corrected chi connectivity index (χ0v) is 13.7. The maximum atomic E-state index is 13.2. The van der Waals surface area contributed by atoms with Gasteiger partial charge in [-0.15, -0.1) is 0 Å². The maximum absolute atomic E-state index is 13.2. The second kappa shape index (κ2) is 6.26. The second-order valence-electron chi connectivity index (χ2n) is 6.17. The predicted molar refractivity (Wildman–Crippen MR) is 87.0 cm³/mol. The van der Waals surface area contributed by atoms with Crippen molar-refractivity contribution >= 4 is 5.91 Å². The van der Waals surface area contributed by atoms with Crippen molar-refractivity contribution in [3.05, 3.63) is 47.4 Å². The van der Waals surface area contributed by atoms with Crippen LogP contribution in [0.5, 0.6) is 0 Å². The van der Waals surface area contributed by atoms with Crippen LogP contribution in [-0.4, -0.2) is 39.8 Å². The van der Waals surface area contributed by atoms with E-state index in [4.69, 9.17) is 0 Å². The first-order valence-electron chi connectivity index (χ1n) is 7.93. The van der Waals surface area contributed by atoms with Gasteiger partial charge in [-0.2, -0.15) is 0 Å². The minimum absolute atomic E-state index is 0.0933. The molecule has 4 nitrogen and oxygen atoms in total. The van der Waals surface area contributed by atoms with Gasteiger partial charge < -0.3 is 4.90 Å². The first-order chi connectivity index (χ1) is 11.4. The van der Waals surface area contributed by atoms with Crippen LogP contribution in [0.1, 0.15) is 34.6 Å². The Morgan fingerprint density at radius 1 is 1.12 bits per heavy atom. The average molecular weight is 331 g/mol. The molecule has 0 saturated carbocycles. The lowest BCUT2D eigenvalue weighted by Gasteiger charge is -2.31. The van der Waals surface area contributed by atoms with Gasteiger partial charge in [0.1, 0.15) is 0 Å². The van der Waals surface area contributed by atoms with Gasteiger partial charge in [-0.3, -0.25) is 9.78 Å². The lowest BCUT2D eigenvalue weighted by Crippen LogP contribution is -2.42. The number of aryl methyl sites for hydroxylation is 2. The van der Waals surface area contributed by atoms with Crippen LogP contribution in [0.3, 0.4) is 0 Å². The Labute approximate surface area is 139 Å². The maximum Gasteiger partial charge on any atom is 0.253 e. The van der Waals surface area contributed by atoms with E-state index in [-0.39, 0.29) is 31.8 Å². The van der Waals surface area contributed by atoms with E-state index in [0.29, 0.717) is 5.56 Å². The third kappa shape index (κ3) is 3.42. The number of hydrogen-bond donors (Lipinski definition) is 0. The molecule has 0 spiro atoms. The summed E-state index contributed by atoms with van der Waals surface area (Å²) in [5.41, 5.74) is 3.81. The van der Waals surface area contributed by atoms with Gasteiger partial charge in [0.25, 0.3) is 11.8 Å². The number of alkyl halides is 2. The highest BCUT2D eigenvalue weighted by Crippen LogP contribution is 2.28. The number of nitrogens with zero attached hydrogens (tertiary/aromatic N) is 3. The summed E-state index contributed by atoms with van der Waals surface area (Å²) in [5, 5.41) is 0. The molecule has 0 atom stereocenters. The Kier molecular flexibility index (Phi) is 4.30. The number of amides is 1. The van der Waals surface area contributed by atoms with Gasteiger partial charge in [0.05, 0.1) is 17.1 Å². The lowest BCUT2D eigenvalue weighted by atomic mass is 10.0. The molecule has 1 aromatic carbocycles. The number of likely N-dealkylation sites (tertiary alicyclic amines) is 1. The molecule has 1 saturated heterocycles. The summed E-state index contributed by atoms with van der Waals surface area (Å²) in [5.74, 6) is -2.86. The van der Waals surface area contributed by atoms with Gasteiger partial charge >= 0.3 is 0 Å². The molecular formula is C18H19F2N3O. The van der Waals surface area contributed by atoms with Crippen molar-refractivity contribution in [3.8, 4) is 11.3 Å². The van der Waals surface area contributed by atoms with Crippen molar-refractivity contribution in [1.82, 2.24) is 14.9 Å². The van der Waals surface area contributed by atoms with Crippen LogP contribution < -0.4 is 0 Å². The first-order valence-corrected chi connectivity index (χ1v) is 7.93. The third-order valence-electron chi connectivity index (χ3n) is 4.26. The molecular weight excluding hydrogens is 312 g/mol. The van der Waals surface area contributed by atoms with Crippen LogP contribution in [0, 0.1) is 13.8 Å². The molecule has 0 radical (unpaired) electrons. The van der Waals surface area contributed by atoms with Gasteiger partial charge in [0.2, 0.25) is 0 Å². The first kappa shape index (κ1) is 16.5. The minimum atomic E-state index is -2.65. The molecule has 24 heavy (non-hydrogen) atoms. The molecule has 126 valence electrons. The highest BCUT2D eigenvalue weighted by molar-refractivity contribution is 5.94. The largest absolute Gasteiger partial charge is 0.338 e. The number of carbonyl (C=O) groups is 1. The molecule has 3 rings (SSSR count). The van der Waals surface area contributed by atoms with Crippen LogP contribution in [0.4, 0.5) is 8.78 Å². The molecule has 2 heterocycles. The van der Waals surface area contributed by atoms with Crippen molar-refractivity contribution < 1.29 is 13.6 Å². The Morgan fingerprint density at radius 2 is 1.75 bits per heavy atom. The fraction of sp³-hybridized carbons (Fsp3) is 0.389. The third-order valence-corrected chi connectivity index (χ3v) is 4.26. The highest BCUT2D eigenvalue weighted by Gasteiger charge is 2.35. The van der Waals surface area contributed by atoms with Gasteiger partial charge in [0.15, 0.2) is 0 Å². The van der Waals surface area contributed by atoms with E-state index in [9.17, 15) is 13.6 Å². The fourth-order valence-corrected chi connectivity index (χ4v) is 2.80. The van der Waals surface area contributed by atoms with Crippen molar-refractivity contribution in [2.45, 2.75) is 32.6 Å². The smallest absolute Gasteiger partial charge is 0.253 e. The van der Waals surface area contributed by atoms with Gasteiger partial charge in [-0.05, 0) is 26.0 Å². The summed E-state index contributed by atoms with van der Waals surface area (Å²) in [4.78, 5) is 22.7. The van der Waals surface area contributed by atoms with Gasteiger partial charge in [0, 0.05) is 43.3 Å². The van der Waals surface area contributed by atoms with E-state index >= 15 is 0 Å². The van der Waals surface area contributed by atoms with Crippen LogP contribution in [-0.2, 0) is 0 Å². The Morgan fingerprint density at radius 3 is 2.38 bits per heavy atom. The Bertz CT molecular complexity index is 749. The minimum Gasteiger partial charge on any atom is -0.338 e. The molecule has 1 amide bonds. The summed E-state index contributed by atoms with van der Waals surface area (Å²) in [6.07, 6.45) is 1.17. The predicted octanol–water partition coefficient (Wildman–Crippen LogP) is 3.63. The van der Waals surface area contributed by atoms with Crippen molar-refractivity contribution in [3.63, 3.8) is 0 Å². The van der Waals surface area contributed by atoms with E-state index in [1.165, 1.54) is 4.90 Å². The zero-order chi connectivity index (χ0) is 17.3. The SMILES string of the molecule is Cc1cnc(C)c(-c2ccc(C(=O)N3CCC(F)(F)CC3)cc2)n1. The van der Waals surface area contributed by atoms with Crippen molar-refractivity contribution in [1.29, 1.82) is 0 Å². The summed E-state index contributed by atoms with van der Waals surface area (Å²) < 4.78 is 26.4. The molecule has 0 unspecified atom stereocenters. The molecule has 0 bridgehead atoms. The molecule has 1 aliphatic heterocycles. The van der Waals surface area contributed by atoms with Crippen LogP contribution in [0.15, 0.2) is 30.5 Å². The molecule has 1 fully saturated rings. The number of hydrogen-bond acceptors (Lipinski definition) is 3. The van der Waals surface area contributed by atoms with Crippen LogP contribution >= 0.6 is 0 Å². The number of piperidine rings is 1. The Hall–Kier alpha value is -2.37. The molecule has 1 aliphatic rings. The van der Waals surface area contributed by atoms with E-state index in [1.807, 2.05) is 26.0 Å². The number of carbonyl (C=O) groups excluding carboxylic acids is 1. The number of aromatic nitrogens is 2. The van der Waals surface area contributed by atoms with Crippen LogP contribution in [0.2, 0.25) is 0 Å². The average Bonchev–Trinajstić information content (AvgIpc) is 2.57. The summed E-state index contributed by atoms with van der Waals surface area (Å²) >= 11 is 0. The van der Waals surface area contributed by atoms with E-state index in [2.05, 4.69) is 9.97 Å². The van der Waals surface area contributed by atoms with E-state index in [1.54, 1.807) is 18.3 Å². The zero-order valence-electron chi connectivity index (χ0n) is 13.7. The van der Waals surface area contributed by atoms with Crippen molar-refractivity contribution in [2.24, 2.45) is 0 Å². The summed E-state index contributed by atoms with van der Waals surface area (Å²) in [7, 11) is 0. The summed E-state index contributed by atoms with van der Waals surface area (Å²) in [6.45, 7) is 3.95. The summed E-state index contributed by atoms with van der Waals surface area (Å²) in [6, 6.07) is 7.08.